The summed E-state index contributed by atoms with van der Waals surface area (Å²) < 4.78 is 28.6. The fourth-order valence-corrected chi connectivity index (χ4v) is 3.01. The van der Waals surface area contributed by atoms with E-state index in [4.69, 9.17) is 0 Å². The summed E-state index contributed by atoms with van der Waals surface area (Å²) in [5, 5.41) is 10.8. The molecular weight excluding hydrogens is 302 g/mol. The van der Waals surface area contributed by atoms with Crippen molar-refractivity contribution in [1.29, 1.82) is 0 Å². The maximum Gasteiger partial charge on any atom is 0.313 e. The molecule has 0 saturated heterocycles. The Morgan fingerprint density at radius 3 is 2.48 bits per heavy atom. The van der Waals surface area contributed by atoms with E-state index in [0.717, 1.165) is 12.1 Å². The normalized spacial score (nSPS) is 10.9. The second-order valence-electron chi connectivity index (χ2n) is 4.00. The maximum absolute atomic E-state index is 12.0. The number of hydrogen-bond acceptors (Lipinski definition) is 7. The van der Waals surface area contributed by atoms with E-state index in [0.29, 0.717) is 0 Å². The minimum Gasteiger partial charge on any atom is -0.466 e. The molecule has 0 saturated carbocycles. The van der Waals surface area contributed by atoms with Crippen LogP contribution in [0.25, 0.3) is 0 Å². The summed E-state index contributed by atoms with van der Waals surface area (Å²) in [6.45, 7) is 1.62. The second kappa shape index (κ2) is 6.93. The van der Waals surface area contributed by atoms with Gasteiger partial charge in [0.15, 0.2) is 15.6 Å². The van der Waals surface area contributed by atoms with Crippen LogP contribution in [-0.4, -0.2) is 37.5 Å². The van der Waals surface area contributed by atoms with Gasteiger partial charge in [-0.1, -0.05) is 12.1 Å². The molecule has 0 aromatic heterocycles. The monoisotopic (exact) mass is 315 g/mol. The summed E-state index contributed by atoms with van der Waals surface area (Å²) in [4.78, 5) is 32.1. The molecule has 21 heavy (non-hydrogen) atoms. The predicted octanol–water partition coefficient (Wildman–Crippen LogP) is 0.891. The van der Waals surface area contributed by atoms with Gasteiger partial charge in [0, 0.05) is 6.07 Å². The molecule has 0 unspecified atom stereocenters. The number of benzene rings is 1. The van der Waals surface area contributed by atoms with Gasteiger partial charge in [-0.15, -0.1) is 0 Å². The molecule has 0 fully saturated rings. The predicted molar refractivity (Wildman–Crippen MR) is 71.4 cm³/mol. The summed E-state index contributed by atoms with van der Waals surface area (Å²) in [6.07, 6.45) is -0.687. The van der Waals surface area contributed by atoms with Gasteiger partial charge in [0.25, 0.3) is 5.69 Å². The summed E-state index contributed by atoms with van der Waals surface area (Å²) in [5.41, 5.74) is -0.610. The summed E-state index contributed by atoms with van der Waals surface area (Å²) >= 11 is 0. The molecule has 0 amide bonds. The standard InChI is InChI=1S/C12H13NO7S/c1-2-20-12(15)7-9(14)8-21(18,19)11-6-4-3-5-10(11)13(16)17/h3-6H,2,7-8H2,1H3. The zero-order chi connectivity index (χ0) is 16.0. The number of esters is 1. The molecule has 9 heteroatoms. The Kier molecular flexibility index (Phi) is 5.53. The number of rotatable bonds is 7. The number of nitrogens with zero attached hydrogens (tertiary/aromatic N) is 1. The summed E-state index contributed by atoms with van der Waals surface area (Å²) in [6, 6.07) is 4.71. The van der Waals surface area contributed by atoms with E-state index in [1.54, 1.807) is 6.92 Å². The lowest BCUT2D eigenvalue weighted by molar-refractivity contribution is -0.387. The van der Waals surface area contributed by atoms with Crippen LogP contribution in [0, 0.1) is 10.1 Å². The molecule has 0 heterocycles. The number of Topliss-reactive ketones (excluding diaryl/α,β-unsaturated/α-hetero) is 1. The highest BCUT2D eigenvalue weighted by molar-refractivity contribution is 7.92. The molecule has 0 bridgehead atoms. The van der Waals surface area contributed by atoms with Crippen molar-refractivity contribution in [1.82, 2.24) is 0 Å². The first-order valence-electron chi connectivity index (χ1n) is 5.91. The molecule has 0 aliphatic heterocycles. The smallest absolute Gasteiger partial charge is 0.313 e. The number of para-hydroxylation sites is 1. The zero-order valence-corrected chi connectivity index (χ0v) is 12.0. The molecule has 0 aliphatic carbocycles. The number of nitro benzene ring substituents is 1. The van der Waals surface area contributed by atoms with Gasteiger partial charge in [0.1, 0.15) is 17.1 Å². The lowest BCUT2D eigenvalue weighted by atomic mass is 10.3. The van der Waals surface area contributed by atoms with Crippen LogP contribution in [0.15, 0.2) is 29.2 Å². The molecule has 0 radical (unpaired) electrons. The van der Waals surface area contributed by atoms with E-state index >= 15 is 0 Å². The van der Waals surface area contributed by atoms with E-state index in [1.807, 2.05) is 0 Å². The number of ether oxygens (including phenoxy) is 1. The van der Waals surface area contributed by atoms with E-state index in [1.165, 1.54) is 12.1 Å². The van der Waals surface area contributed by atoms with Crippen LogP contribution >= 0.6 is 0 Å². The fraction of sp³-hybridized carbons (Fsp3) is 0.333. The van der Waals surface area contributed by atoms with Crippen molar-refractivity contribution in [2.75, 3.05) is 12.4 Å². The Morgan fingerprint density at radius 1 is 1.29 bits per heavy atom. The Hall–Kier alpha value is -2.29. The zero-order valence-electron chi connectivity index (χ0n) is 11.1. The second-order valence-corrected chi connectivity index (χ2v) is 5.96. The van der Waals surface area contributed by atoms with Gasteiger partial charge < -0.3 is 4.74 Å². The van der Waals surface area contributed by atoms with Crippen LogP contribution in [0.4, 0.5) is 5.69 Å². The average Bonchev–Trinajstić information content (AvgIpc) is 2.38. The number of carbonyl (C=O) groups is 2. The van der Waals surface area contributed by atoms with E-state index in [-0.39, 0.29) is 6.61 Å². The first-order chi connectivity index (χ1) is 9.77. The fourth-order valence-electron chi connectivity index (χ4n) is 1.58. The number of hydrogen-bond donors (Lipinski definition) is 0. The van der Waals surface area contributed by atoms with Gasteiger partial charge in [0.2, 0.25) is 0 Å². The third-order valence-corrected chi connectivity index (χ3v) is 4.11. The van der Waals surface area contributed by atoms with Gasteiger partial charge in [-0.25, -0.2) is 8.42 Å². The molecule has 114 valence electrons. The van der Waals surface area contributed by atoms with Crippen molar-refractivity contribution in [2.24, 2.45) is 0 Å². The molecule has 8 nitrogen and oxygen atoms in total. The van der Waals surface area contributed by atoms with Gasteiger partial charge >= 0.3 is 5.97 Å². The highest BCUT2D eigenvalue weighted by Crippen LogP contribution is 2.24. The van der Waals surface area contributed by atoms with E-state index < -0.39 is 49.3 Å². The van der Waals surface area contributed by atoms with Crippen LogP contribution in [0.2, 0.25) is 0 Å². The van der Waals surface area contributed by atoms with E-state index in [9.17, 15) is 28.1 Å². The Balaban J connectivity index is 2.95. The summed E-state index contributed by atoms with van der Waals surface area (Å²) in [7, 11) is -4.19. The molecule has 0 atom stereocenters. The Labute approximate surface area is 120 Å². The third-order valence-electron chi connectivity index (χ3n) is 2.39. The minimum atomic E-state index is -4.19. The van der Waals surface area contributed by atoms with E-state index in [2.05, 4.69) is 4.74 Å². The van der Waals surface area contributed by atoms with Crippen LogP contribution in [0.5, 0.6) is 0 Å². The number of carbonyl (C=O) groups excluding carboxylic acids is 2. The highest BCUT2D eigenvalue weighted by Gasteiger charge is 2.28. The topological polar surface area (TPSA) is 121 Å². The molecule has 1 aromatic carbocycles. The molecule has 1 rings (SSSR count). The van der Waals surface area contributed by atoms with Gasteiger partial charge in [-0.3, -0.25) is 19.7 Å². The average molecular weight is 315 g/mol. The van der Waals surface area contributed by atoms with Crippen molar-refractivity contribution in [3.05, 3.63) is 34.4 Å². The van der Waals surface area contributed by atoms with Crippen LogP contribution in [0.1, 0.15) is 13.3 Å². The van der Waals surface area contributed by atoms with Crippen LogP contribution in [0.3, 0.4) is 0 Å². The lowest BCUT2D eigenvalue weighted by Gasteiger charge is -2.05. The molecule has 0 spiro atoms. The molecule has 1 aromatic rings. The van der Waals surface area contributed by atoms with Crippen LogP contribution in [-0.2, 0) is 24.2 Å². The maximum atomic E-state index is 12.0. The first-order valence-corrected chi connectivity index (χ1v) is 7.56. The van der Waals surface area contributed by atoms with Crippen molar-refractivity contribution in [3.8, 4) is 0 Å². The number of sulfone groups is 1. The summed E-state index contributed by atoms with van der Waals surface area (Å²) in [5.74, 6) is -2.71. The van der Waals surface area contributed by atoms with Crippen molar-refractivity contribution in [2.45, 2.75) is 18.2 Å². The molecule has 0 N–H and O–H groups in total. The van der Waals surface area contributed by atoms with Crippen molar-refractivity contribution < 1.29 is 27.7 Å². The molecular formula is C12H13NO7S. The van der Waals surface area contributed by atoms with Crippen LogP contribution < -0.4 is 0 Å². The minimum absolute atomic E-state index is 0.0724. The quantitative estimate of drug-likeness (QED) is 0.317. The van der Waals surface area contributed by atoms with Crippen molar-refractivity contribution >= 4 is 27.3 Å². The number of nitro groups is 1. The number of ketones is 1. The third kappa shape index (κ3) is 4.63. The SMILES string of the molecule is CCOC(=O)CC(=O)CS(=O)(=O)c1ccccc1[N+](=O)[O-]. The van der Waals surface area contributed by atoms with Crippen molar-refractivity contribution in [3.63, 3.8) is 0 Å². The highest BCUT2D eigenvalue weighted by atomic mass is 32.2. The lowest BCUT2D eigenvalue weighted by Crippen LogP contribution is -2.20. The van der Waals surface area contributed by atoms with Gasteiger partial charge in [-0.05, 0) is 13.0 Å². The van der Waals surface area contributed by atoms with Gasteiger partial charge in [-0.2, -0.15) is 0 Å². The van der Waals surface area contributed by atoms with Gasteiger partial charge in [0.05, 0.1) is 11.5 Å². The molecule has 0 aliphatic rings. The first kappa shape index (κ1) is 16.8. The Bertz CT molecular complexity index is 666. The Morgan fingerprint density at radius 2 is 1.90 bits per heavy atom. The largest absolute Gasteiger partial charge is 0.466 e.